The predicted octanol–water partition coefficient (Wildman–Crippen LogP) is 1.44. The quantitative estimate of drug-likeness (QED) is 0.839. The van der Waals surface area contributed by atoms with Crippen molar-refractivity contribution in [1.29, 1.82) is 0 Å². The van der Waals surface area contributed by atoms with Crippen LogP contribution in [0.4, 0.5) is 10.2 Å². The topological polar surface area (TPSA) is 77.8 Å². The first-order valence-electron chi connectivity index (χ1n) is 5.22. The highest BCUT2D eigenvalue weighted by atomic mass is 19.1. The van der Waals surface area contributed by atoms with Crippen LogP contribution in [0.3, 0.4) is 0 Å². The summed E-state index contributed by atoms with van der Waals surface area (Å²) in [5.41, 5.74) is 12.9. The van der Waals surface area contributed by atoms with Gasteiger partial charge in [-0.3, -0.25) is 4.98 Å². The van der Waals surface area contributed by atoms with Crippen molar-refractivity contribution in [2.75, 3.05) is 5.73 Å². The summed E-state index contributed by atoms with van der Waals surface area (Å²) in [6, 6.07) is 4.72. The average molecular weight is 232 g/mol. The number of halogens is 1. The highest BCUT2D eigenvalue weighted by molar-refractivity contribution is 5.33. The summed E-state index contributed by atoms with van der Waals surface area (Å²) in [5, 5.41) is 0. The summed E-state index contributed by atoms with van der Waals surface area (Å²) in [6.07, 6.45) is 4.81. The molecule has 1 atom stereocenters. The molecule has 0 saturated heterocycles. The number of hydrogen-bond donors (Lipinski definition) is 2. The van der Waals surface area contributed by atoms with Crippen molar-refractivity contribution in [3.8, 4) is 0 Å². The van der Waals surface area contributed by atoms with Crippen LogP contribution in [0, 0.1) is 5.82 Å². The third kappa shape index (κ3) is 2.76. The van der Waals surface area contributed by atoms with Crippen LogP contribution in [0.15, 0.2) is 36.8 Å². The maximum Gasteiger partial charge on any atom is 0.146 e. The van der Waals surface area contributed by atoms with E-state index in [4.69, 9.17) is 11.5 Å². The van der Waals surface area contributed by atoms with Gasteiger partial charge in [-0.15, -0.1) is 0 Å². The first kappa shape index (κ1) is 11.5. The smallest absolute Gasteiger partial charge is 0.146 e. The van der Waals surface area contributed by atoms with Crippen LogP contribution in [-0.4, -0.2) is 9.97 Å². The number of anilines is 1. The highest BCUT2D eigenvalue weighted by Gasteiger charge is 2.11. The molecule has 0 radical (unpaired) electrons. The number of nitrogen functional groups attached to an aromatic ring is 1. The number of hydrogen-bond acceptors (Lipinski definition) is 4. The largest absolute Gasteiger partial charge is 0.384 e. The zero-order chi connectivity index (χ0) is 12.3. The number of rotatable bonds is 3. The summed E-state index contributed by atoms with van der Waals surface area (Å²) >= 11 is 0. The van der Waals surface area contributed by atoms with Crippen LogP contribution in [0.5, 0.6) is 0 Å². The zero-order valence-electron chi connectivity index (χ0n) is 9.18. The average Bonchev–Trinajstić information content (AvgIpc) is 2.29. The third-order valence-electron chi connectivity index (χ3n) is 2.50. The standard InChI is InChI=1S/C12H13FN4/c13-10-7-16-3-2-9(10)11(14)5-8-1-4-17-12(15)6-8/h1-4,6-7,11H,5,14H2,(H2,15,17). The van der Waals surface area contributed by atoms with Gasteiger partial charge >= 0.3 is 0 Å². The molecule has 4 N–H and O–H groups in total. The molecular weight excluding hydrogens is 219 g/mol. The molecule has 17 heavy (non-hydrogen) atoms. The van der Waals surface area contributed by atoms with E-state index in [9.17, 15) is 4.39 Å². The van der Waals surface area contributed by atoms with Gasteiger partial charge in [-0.05, 0) is 30.2 Å². The Bertz CT molecular complexity index is 515. The minimum absolute atomic E-state index is 0.387. The van der Waals surface area contributed by atoms with Crippen molar-refractivity contribution in [2.24, 2.45) is 5.73 Å². The third-order valence-corrected chi connectivity index (χ3v) is 2.50. The fraction of sp³-hybridized carbons (Fsp3) is 0.167. The van der Waals surface area contributed by atoms with E-state index in [0.717, 1.165) is 11.8 Å². The molecule has 0 spiro atoms. The van der Waals surface area contributed by atoms with Crippen LogP contribution in [-0.2, 0) is 6.42 Å². The number of nitrogens with two attached hydrogens (primary N) is 2. The molecule has 2 rings (SSSR count). The van der Waals surface area contributed by atoms with Crippen molar-refractivity contribution >= 4 is 5.82 Å². The Morgan fingerprint density at radius 2 is 2.12 bits per heavy atom. The lowest BCUT2D eigenvalue weighted by Crippen LogP contribution is -2.15. The molecule has 2 heterocycles. The van der Waals surface area contributed by atoms with E-state index < -0.39 is 6.04 Å². The van der Waals surface area contributed by atoms with E-state index in [1.807, 2.05) is 6.07 Å². The Morgan fingerprint density at radius 1 is 1.29 bits per heavy atom. The Labute approximate surface area is 98.5 Å². The molecule has 0 aliphatic rings. The molecule has 88 valence electrons. The van der Waals surface area contributed by atoms with Crippen LogP contribution in [0.2, 0.25) is 0 Å². The van der Waals surface area contributed by atoms with Crippen molar-refractivity contribution in [3.05, 3.63) is 53.7 Å². The second-order valence-corrected chi connectivity index (χ2v) is 3.80. The first-order chi connectivity index (χ1) is 8.16. The van der Waals surface area contributed by atoms with Gasteiger partial charge in [0.25, 0.3) is 0 Å². The summed E-state index contributed by atoms with van der Waals surface area (Å²) in [6.45, 7) is 0. The van der Waals surface area contributed by atoms with Gasteiger partial charge in [0, 0.05) is 24.0 Å². The van der Waals surface area contributed by atoms with Crippen LogP contribution < -0.4 is 11.5 Å². The summed E-state index contributed by atoms with van der Waals surface area (Å²) in [4.78, 5) is 7.58. The molecule has 1 unspecified atom stereocenters. The lowest BCUT2D eigenvalue weighted by atomic mass is 10.0. The van der Waals surface area contributed by atoms with E-state index in [-0.39, 0.29) is 5.82 Å². The van der Waals surface area contributed by atoms with E-state index in [2.05, 4.69) is 9.97 Å². The lowest BCUT2D eigenvalue weighted by molar-refractivity contribution is 0.574. The molecule has 0 aliphatic heterocycles. The first-order valence-corrected chi connectivity index (χ1v) is 5.22. The number of pyridine rings is 2. The molecule has 5 heteroatoms. The molecular formula is C12H13FN4. The predicted molar refractivity (Wildman–Crippen MR) is 63.5 cm³/mol. The van der Waals surface area contributed by atoms with Gasteiger partial charge in [-0.25, -0.2) is 9.37 Å². The molecule has 0 fully saturated rings. The summed E-state index contributed by atoms with van der Waals surface area (Å²) in [5.74, 6) is 0.0481. The van der Waals surface area contributed by atoms with Gasteiger partial charge in [-0.1, -0.05) is 0 Å². The second-order valence-electron chi connectivity index (χ2n) is 3.80. The Morgan fingerprint density at radius 3 is 2.82 bits per heavy atom. The molecule has 0 amide bonds. The van der Waals surface area contributed by atoms with Gasteiger partial charge in [0.1, 0.15) is 11.6 Å². The summed E-state index contributed by atoms with van der Waals surface area (Å²) < 4.78 is 13.4. The number of aromatic nitrogens is 2. The molecule has 0 aromatic carbocycles. The van der Waals surface area contributed by atoms with Crippen molar-refractivity contribution in [1.82, 2.24) is 9.97 Å². The maximum absolute atomic E-state index is 13.4. The SMILES string of the molecule is Nc1cc(CC(N)c2ccncc2F)ccn1. The zero-order valence-corrected chi connectivity index (χ0v) is 9.18. The van der Waals surface area contributed by atoms with Crippen LogP contribution in [0.25, 0.3) is 0 Å². The molecule has 2 aromatic heterocycles. The van der Waals surface area contributed by atoms with Gasteiger partial charge in [-0.2, -0.15) is 0 Å². The van der Waals surface area contributed by atoms with Crippen LogP contribution >= 0.6 is 0 Å². The number of nitrogens with zero attached hydrogens (tertiary/aromatic N) is 2. The molecule has 0 aliphatic carbocycles. The highest BCUT2D eigenvalue weighted by Crippen LogP contribution is 2.18. The fourth-order valence-electron chi connectivity index (χ4n) is 1.67. The fourth-order valence-corrected chi connectivity index (χ4v) is 1.67. The van der Waals surface area contributed by atoms with E-state index >= 15 is 0 Å². The Balaban J connectivity index is 2.17. The minimum atomic E-state index is -0.417. The van der Waals surface area contributed by atoms with E-state index in [1.54, 1.807) is 18.3 Å². The van der Waals surface area contributed by atoms with Crippen molar-refractivity contribution < 1.29 is 4.39 Å². The maximum atomic E-state index is 13.4. The monoisotopic (exact) mass is 232 g/mol. The second kappa shape index (κ2) is 4.88. The van der Waals surface area contributed by atoms with Crippen molar-refractivity contribution in [2.45, 2.75) is 12.5 Å². The lowest BCUT2D eigenvalue weighted by Gasteiger charge is -2.12. The Hall–Kier alpha value is -2.01. The molecule has 0 saturated carbocycles. The molecule has 2 aromatic rings. The van der Waals surface area contributed by atoms with Gasteiger partial charge in [0.15, 0.2) is 0 Å². The summed E-state index contributed by atoms with van der Waals surface area (Å²) in [7, 11) is 0. The van der Waals surface area contributed by atoms with Crippen LogP contribution in [0.1, 0.15) is 17.2 Å². The van der Waals surface area contributed by atoms with Crippen molar-refractivity contribution in [3.63, 3.8) is 0 Å². The minimum Gasteiger partial charge on any atom is -0.384 e. The van der Waals surface area contributed by atoms with Gasteiger partial charge in [0.2, 0.25) is 0 Å². The van der Waals surface area contributed by atoms with E-state index in [0.29, 0.717) is 17.8 Å². The Kier molecular flexibility index (Phi) is 3.30. The molecule has 0 bridgehead atoms. The normalized spacial score (nSPS) is 12.4. The molecule has 4 nitrogen and oxygen atoms in total. The van der Waals surface area contributed by atoms with Gasteiger partial charge in [0.05, 0.1) is 6.20 Å². The van der Waals surface area contributed by atoms with Gasteiger partial charge < -0.3 is 11.5 Å². The van der Waals surface area contributed by atoms with E-state index in [1.165, 1.54) is 6.20 Å².